The number of carbonyl (C=O) groups is 1. The summed E-state index contributed by atoms with van der Waals surface area (Å²) in [4.78, 5) is 15.1. The zero-order valence-corrected chi connectivity index (χ0v) is 10.4. The second-order valence-electron chi connectivity index (χ2n) is 3.31. The quantitative estimate of drug-likeness (QED) is 0.241. The smallest absolute Gasteiger partial charge is 0.148 e. The minimum absolute atomic E-state index is 0.308. The lowest BCUT2D eigenvalue weighted by Gasteiger charge is -2.09. The highest BCUT2D eigenvalue weighted by Gasteiger charge is 2.07. The third-order valence-electron chi connectivity index (χ3n) is 2.15. The van der Waals surface area contributed by atoms with E-state index in [-0.39, 0.29) is 6.04 Å². The number of nitrogens with one attached hydrogen (secondary N) is 1. The fourth-order valence-electron chi connectivity index (χ4n) is 1.00. The number of nitrogens with zero attached hydrogens (tertiary/aromatic N) is 1. The van der Waals surface area contributed by atoms with Gasteiger partial charge in [0.15, 0.2) is 0 Å². The maximum Gasteiger partial charge on any atom is 0.148 e. The van der Waals surface area contributed by atoms with Crippen molar-refractivity contribution in [2.24, 2.45) is 16.5 Å². The number of hydrogen-bond donors (Lipinski definition) is 3. The van der Waals surface area contributed by atoms with Crippen molar-refractivity contribution in [2.45, 2.75) is 19.2 Å². The number of ether oxygens (including phenoxy) is 1. The molecule has 0 aliphatic carbocycles. The van der Waals surface area contributed by atoms with Crippen molar-refractivity contribution in [1.82, 2.24) is 5.32 Å². The first-order chi connectivity index (χ1) is 8.08. The molecule has 0 rings (SSSR count). The van der Waals surface area contributed by atoms with Gasteiger partial charge in [-0.2, -0.15) is 0 Å². The minimum Gasteiger partial charge on any atom is -0.403 e. The summed E-state index contributed by atoms with van der Waals surface area (Å²) in [6.45, 7) is 1.78. The number of rotatable bonds is 7. The van der Waals surface area contributed by atoms with Crippen molar-refractivity contribution in [3.05, 3.63) is 23.5 Å². The molecular weight excluding hydrogens is 220 g/mol. The van der Waals surface area contributed by atoms with E-state index in [9.17, 15) is 4.79 Å². The summed E-state index contributed by atoms with van der Waals surface area (Å²) in [7, 11) is 3.19. The van der Waals surface area contributed by atoms with Crippen LogP contribution < -0.4 is 16.8 Å². The Labute approximate surface area is 101 Å². The Morgan fingerprint density at radius 2 is 2.18 bits per heavy atom. The fraction of sp³-hybridized carbons (Fsp3) is 0.455. The van der Waals surface area contributed by atoms with Crippen LogP contribution in [0, 0.1) is 0 Å². The number of aliphatic imine (C=N–C) groups is 1. The molecular formula is C11H20N4O2. The number of hydrogen-bond acceptors (Lipinski definition) is 6. The zero-order chi connectivity index (χ0) is 13.3. The molecule has 2 unspecified atom stereocenters. The van der Waals surface area contributed by atoms with Gasteiger partial charge in [-0.25, -0.2) is 0 Å². The molecule has 0 heterocycles. The lowest BCUT2D eigenvalue weighted by Crippen LogP contribution is -2.21. The molecule has 0 spiro atoms. The van der Waals surface area contributed by atoms with E-state index in [0.717, 1.165) is 0 Å². The van der Waals surface area contributed by atoms with E-state index >= 15 is 0 Å². The standard InChI is InChI=1S/C11H20N4O2/c1-8(15-6-10(5-12)14-2)9(7-16)4-11(13)17-3/h4-8,11,14H,12-13H2,1-3H3/b9-4+,10-5+,15-6?. The Balaban J connectivity index is 4.72. The number of methoxy groups -OCH3 is 1. The van der Waals surface area contributed by atoms with Crippen LogP contribution in [-0.4, -0.2) is 38.9 Å². The Morgan fingerprint density at radius 3 is 2.59 bits per heavy atom. The number of carbonyl (C=O) groups excluding carboxylic acids is 1. The molecule has 0 bridgehead atoms. The molecule has 2 atom stereocenters. The van der Waals surface area contributed by atoms with Gasteiger partial charge >= 0.3 is 0 Å². The second-order valence-corrected chi connectivity index (χ2v) is 3.31. The Kier molecular flexibility index (Phi) is 7.66. The van der Waals surface area contributed by atoms with Crippen LogP contribution in [0.15, 0.2) is 28.5 Å². The molecule has 0 aliphatic heterocycles. The Hall–Kier alpha value is -1.66. The Bertz CT molecular complexity index is 323. The summed E-state index contributed by atoms with van der Waals surface area (Å²) in [5, 5.41) is 2.85. The summed E-state index contributed by atoms with van der Waals surface area (Å²) in [5.41, 5.74) is 12.0. The maximum absolute atomic E-state index is 10.9. The van der Waals surface area contributed by atoms with Gasteiger partial charge in [-0.1, -0.05) is 0 Å². The van der Waals surface area contributed by atoms with Gasteiger partial charge in [0.25, 0.3) is 0 Å². The van der Waals surface area contributed by atoms with Crippen LogP contribution in [0.25, 0.3) is 0 Å². The largest absolute Gasteiger partial charge is 0.403 e. The van der Waals surface area contributed by atoms with Gasteiger partial charge in [0.05, 0.1) is 11.7 Å². The molecule has 0 saturated carbocycles. The molecule has 0 saturated heterocycles. The van der Waals surface area contributed by atoms with E-state index in [1.165, 1.54) is 19.4 Å². The molecule has 0 fully saturated rings. The average Bonchev–Trinajstić information content (AvgIpc) is 2.36. The third-order valence-corrected chi connectivity index (χ3v) is 2.15. The van der Waals surface area contributed by atoms with Crippen LogP contribution in [0.3, 0.4) is 0 Å². The van der Waals surface area contributed by atoms with E-state index in [1.54, 1.807) is 20.2 Å². The normalized spacial score (nSPS) is 16.9. The first kappa shape index (κ1) is 15.3. The van der Waals surface area contributed by atoms with Crippen molar-refractivity contribution in [3.8, 4) is 0 Å². The van der Waals surface area contributed by atoms with E-state index in [1.807, 2.05) is 0 Å². The van der Waals surface area contributed by atoms with Crippen LogP contribution in [0.5, 0.6) is 0 Å². The van der Waals surface area contributed by atoms with Crippen LogP contribution in [0.2, 0.25) is 0 Å². The van der Waals surface area contributed by atoms with Gasteiger partial charge in [0, 0.05) is 32.1 Å². The van der Waals surface area contributed by atoms with Gasteiger partial charge in [-0.3, -0.25) is 9.79 Å². The summed E-state index contributed by atoms with van der Waals surface area (Å²) < 4.78 is 4.85. The molecule has 17 heavy (non-hydrogen) atoms. The van der Waals surface area contributed by atoms with Crippen molar-refractivity contribution in [1.29, 1.82) is 0 Å². The topological polar surface area (TPSA) is 103 Å². The number of nitrogens with two attached hydrogens (primary N) is 2. The van der Waals surface area contributed by atoms with Crippen molar-refractivity contribution in [3.63, 3.8) is 0 Å². The van der Waals surface area contributed by atoms with E-state index in [4.69, 9.17) is 16.2 Å². The average molecular weight is 240 g/mol. The van der Waals surface area contributed by atoms with E-state index in [0.29, 0.717) is 17.6 Å². The highest BCUT2D eigenvalue weighted by molar-refractivity contribution is 5.80. The Morgan fingerprint density at radius 1 is 1.53 bits per heavy atom. The minimum atomic E-state index is -0.610. The molecule has 6 nitrogen and oxygen atoms in total. The highest BCUT2D eigenvalue weighted by Crippen LogP contribution is 2.04. The molecule has 0 aromatic rings. The molecule has 0 aromatic carbocycles. The molecule has 0 radical (unpaired) electrons. The predicted molar refractivity (Wildman–Crippen MR) is 68.4 cm³/mol. The summed E-state index contributed by atoms with van der Waals surface area (Å²) in [5.74, 6) is 0. The van der Waals surface area contributed by atoms with Crippen LogP contribution in [0.1, 0.15) is 6.92 Å². The molecule has 0 aromatic heterocycles. The van der Waals surface area contributed by atoms with Crippen LogP contribution >= 0.6 is 0 Å². The molecule has 96 valence electrons. The van der Waals surface area contributed by atoms with Crippen LogP contribution in [-0.2, 0) is 9.53 Å². The number of allylic oxidation sites excluding steroid dienone is 1. The molecule has 5 N–H and O–H groups in total. The molecule has 6 heteroatoms. The lowest BCUT2D eigenvalue weighted by molar-refractivity contribution is -0.105. The summed E-state index contributed by atoms with van der Waals surface area (Å²) in [6, 6.07) is -0.308. The van der Waals surface area contributed by atoms with Crippen molar-refractivity contribution in [2.75, 3.05) is 14.2 Å². The summed E-state index contributed by atoms with van der Waals surface area (Å²) in [6.07, 6.45) is 4.58. The van der Waals surface area contributed by atoms with Gasteiger partial charge in [-0.15, -0.1) is 0 Å². The van der Waals surface area contributed by atoms with Gasteiger partial charge in [0.2, 0.25) is 0 Å². The van der Waals surface area contributed by atoms with Crippen molar-refractivity contribution >= 4 is 12.5 Å². The number of aldehydes is 1. The van der Waals surface area contributed by atoms with Gasteiger partial charge in [0.1, 0.15) is 12.5 Å². The van der Waals surface area contributed by atoms with E-state index < -0.39 is 6.23 Å². The van der Waals surface area contributed by atoms with E-state index in [2.05, 4.69) is 10.3 Å². The van der Waals surface area contributed by atoms with Gasteiger partial charge < -0.3 is 21.5 Å². The monoisotopic (exact) mass is 240 g/mol. The molecule has 0 amide bonds. The molecule has 0 aliphatic rings. The van der Waals surface area contributed by atoms with Gasteiger partial charge in [-0.05, 0) is 13.0 Å². The first-order valence-corrected chi connectivity index (χ1v) is 5.17. The predicted octanol–water partition coefficient (Wildman–Crippen LogP) is -0.478. The zero-order valence-electron chi connectivity index (χ0n) is 10.4. The lowest BCUT2D eigenvalue weighted by atomic mass is 10.1. The maximum atomic E-state index is 10.9. The second kappa shape index (κ2) is 8.49. The summed E-state index contributed by atoms with van der Waals surface area (Å²) >= 11 is 0. The van der Waals surface area contributed by atoms with Crippen LogP contribution in [0.4, 0.5) is 0 Å². The first-order valence-electron chi connectivity index (χ1n) is 5.17. The fourth-order valence-corrected chi connectivity index (χ4v) is 1.00. The SMILES string of the molecule is CN/C(C=NC(C)/C(C=O)=C/C(N)OC)=C/N. The third kappa shape index (κ3) is 5.84. The van der Waals surface area contributed by atoms with Crippen molar-refractivity contribution < 1.29 is 9.53 Å². The highest BCUT2D eigenvalue weighted by atomic mass is 16.5.